The van der Waals surface area contributed by atoms with Crippen molar-refractivity contribution in [1.82, 2.24) is 19.1 Å². The molecule has 3 aromatic carbocycles. The van der Waals surface area contributed by atoms with E-state index in [9.17, 15) is 4.79 Å². The van der Waals surface area contributed by atoms with Crippen LogP contribution in [-0.2, 0) is 0 Å². The lowest BCUT2D eigenvalue weighted by molar-refractivity contribution is 0.413. The second-order valence-electron chi connectivity index (χ2n) is 7.64. The number of hydrogen-bond acceptors (Lipinski definition) is 4. The average Bonchev–Trinajstić information content (AvgIpc) is 3.24. The van der Waals surface area contributed by atoms with Gasteiger partial charge in [0.1, 0.15) is 12.1 Å². The molecule has 170 valence electrons. The Balaban J connectivity index is 1.88. The first-order valence-electron chi connectivity index (χ1n) is 10.2. The molecule has 0 spiro atoms. The van der Waals surface area contributed by atoms with Crippen molar-refractivity contribution in [2.24, 2.45) is 0 Å². The third-order valence-corrected chi connectivity index (χ3v) is 6.22. The van der Waals surface area contributed by atoms with Gasteiger partial charge in [0.15, 0.2) is 17.0 Å². The van der Waals surface area contributed by atoms with Crippen LogP contribution in [0.25, 0.3) is 33.9 Å². The van der Waals surface area contributed by atoms with Crippen molar-refractivity contribution >= 4 is 46.0 Å². The Morgan fingerprint density at radius 3 is 2.35 bits per heavy atom. The Bertz CT molecular complexity index is 1610. The van der Waals surface area contributed by atoms with Gasteiger partial charge in [-0.2, -0.15) is 0 Å². The molecular weight excluding hydrogens is 495 g/mol. The van der Waals surface area contributed by atoms with Gasteiger partial charge >= 0.3 is 0 Å². The number of fused-ring (bicyclic) bond motifs is 1. The maximum Gasteiger partial charge on any atom is 0.286 e. The first-order chi connectivity index (χ1) is 16.4. The van der Waals surface area contributed by atoms with Crippen LogP contribution in [-0.4, -0.2) is 26.2 Å². The topological polar surface area (TPSA) is 61.9 Å². The zero-order valence-electron chi connectivity index (χ0n) is 18.1. The Hall–Kier alpha value is -3.32. The monoisotopic (exact) mass is 510 g/mol. The van der Waals surface area contributed by atoms with Crippen LogP contribution in [0, 0.1) is 6.92 Å². The van der Waals surface area contributed by atoms with Gasteiger partial charge in [-0.15, -0.1) is 0 Å². The van der Waals surface area contributed by atoms with Gasteiger partial charge in [-0.3, -0.25) is 13.9 Å². The number of imidazole rings is 1. The quantitative estimate of drug-likeness (QED) is 0.276. The lowest BCUT2D eigenvalue weighted by Gasteiger charge is -2.15. The molecule has 0 atom stereocenters. The molecule has 5 rings (SSSR count). The summed E-state index contributed by atoms with van der Waals surface area (Å²) in [6.45, 7) is 1.97. The fourth-order valence-electron chi connectivity index (χ4n) is 3.80. The Morgan fingerprint density at radius 1 is 0.912 bits per heavy atom. The molecular formula is C25H17Cl3N4O2. The smallest absolute Gasteiger partial charge is 0.286 e. The van der Waals surface area contributed by atoms with Gasteiger partial charge in [0.25, 0.3) is 5.56 Å². The highest BCUT2D eigenvalue weighted by atomic mass is 35.5. The first-order valence-corrected chi connectivity index (χ1v) is 11.4. The van der Waals surface area contributed by atoms with Crippen LogP contribution in [0.1, 0.15) is 5.56 Å². The second-order valence-corrected chi connectivity index (χ2v) is 8.92. The van der Waals surface area contributed by atoms with E-state index in [1.165, 1.54) is 4.57 Å². The maximum atomic E-state index is 13.8. The minimum Gasteiger partial charge on any atom is -0.495 e. The van der Waals surface area contributed by atoms with Crippen LogP contribution in [0.4, 0.5) is 0 Å². The van der Waals surface area contributed by atoms with E-state index < -0.39 is 0 Å². The molecule has 5 aromatic rings. The van der Waals surface area contributed by atoms with E-state index in [2.05, 4.69) is 4.98 Å². The summed E-state index contributed by atoms with van der Waals surface area (Å²) in [6, 6.07) is 17.7. The number of benzene rings is 3. The van der Waals surface area contributed by atoms with Crippen molar-refractivity contribution < 1.29 is 4.74 Å². The van der Waals surface area contributed by atoms with E-state index in [1.54, 1.807) is 60.5 Å². The number of nitrogens with zero attached hydrogens (tertiary/aromatic N) is 4. The fourth-order valence-corrected chi connectivity index (χ4v) is 4.42. The molecule has 2 heterocycles. The van der Waals surface area contributed by atoms with Crippen molar-refractivity contribution in [2.45, 2.75) is 6.92 Å². The van der Waals surface area contributed by atoms with Crippen molar-refractivity contribution in [3.05, 3.63) is 98.0 Å². The predicted molar refractivity (Wildman–Crippen MR) is 136 cm³/mol. The molecule has 0 aliphatic carbocycles. The van der Waals surface area contributed by atoms with Gasteiger partial charge in [0.05, 0.1) is 23.5 Å². The number of halogens is 3. The van der Waals surface area contributed by atoms with Gasteiger partial charge < -0.3 is 4.74 Å². The van der Waals surface area contributed by atoms with Gasteiger partial charge in [-0.25, -0.2) is 9.97 Å². The summed E-state index contributed by atoms with van der Waals surface area (Å²) in [6.07, 6.45) is 1.57. The van der Waals surface area contributed by atoms with E-state index in [0.29, 0.717) is 49.2 Å². The summed E-state index contributed by atoms with van der Waals surface area (Å²) < 4.78 is 8.76. The van der Waals surface area contributed by atoms with Crippen LogP contribution < -0.4 is 10.3 Å². The number of aryl methyl sites for hydroxylation is 1. The van der Waals surface area contributed by atoms with E-state index in [0.717, 1.165) is 5.56 Å². The minimum absolute atomic E-state index is 0.201. The first kappa shape index (κ1) is 22.5. The lowest BCUT2D eigenvalue weighted by atomic mass is 10.2. The zero-order chi connectivity index (χ0) is 24.0. The third kappa shape index (κ3) is 3.84. The maximum absolute atomic E-state index is 13.8. The fraction of sp³-hybridized carbons (Fsp3) is 0.0800. The van der Waals surface area contributed by atoms with Gasteiger partial charge in [-0.05, 0) is 67.1 Å². The summed E-state index contributed by atoms with van der Waals surface area (Å²) in [7, 11) is 1.59. The molecule has 0 aliphatic heterocycles. The molecule has 9 heteroatoms. The Kier molecular flexibility index (Phi) is 5.81. The summed E-state index contributed by atoms with van der Waals surface area (Å²) in [5.41, 5.74) is 3.09. The molecule has 34 heavy (non-hydrogen) atoms. The molecule has 0 fully saturated rings. The predicted octanol–water partition coefficient (Wildman–Crippen LogP) is 6.52. The van der Waals surface area contributed by atoms with Crippen LogP contribution in [0.15, 0.2) is 71.8 Å². The van der Waals surface area contributed by atoms with Gasteiger partial charge in [0, 0.05) is 15.6 Å². The highest BCUT2D eigenvalue weighted by Crippen LogP contribution is 2.32. The van der Waals surface area contributed by atoms with Crippen molar-refractivity contribution in [1.29, 1.82) is 0 Å². The lowest BCUT2D eigenvalue weighted by Crippen LogP contribution is -2.22. The number of hydrogen-bond donors (Lipinski definition) is 0. The molecule has 2 aromatic heterocycles. The van der Waals surface area contributed by atoms with Crippen LogP contribution >= 0.6 is 34.8 Å². The molecule has 0 bridgehead atoms. The number of ether oxygens (including phenoxy) is 1. The molecule has 0 N–H and O–H groups in total. The summed E-state index contributed by atoms with van der Waals surface area (Å²) in [4.78, 5) is 23.1. The van der Waals surface area contributed by atoms with E-state index in [1.807, 2.05) is 25.1 Å². The third-order valence-electron chi connectivity index (χ3n) is 5.42. The van der Waals surface area contributed by atoms with Crippen LogP contribution in [0.2, 0.25) is 15.1 Å². The highest BCUT2D eigenvalue weighted by molar-refractivity contribution is 6.36. The van der Waals surface area contributed by atoms with Crippen LogP contribution in [0.5, 0.6) is 5.75 Å². The van der Waals surface area contributed by atoms with Crippen LogP contribution in [0.3, 0.4) is 0 Å². The number of rotatable bonds is 4. The molecule has 0 aliphatic rings. The highest BCUT2D eigenvalue weighted by Gasteiger charge is 2.21. The summed E-state index contributed by atoms with van der Waals surface area (Å²) >= 11 is 18.8. The second kappa shape index (κ2) is 8.80. The molecule has 0 saturated carbocycles. The Morgan fingerprint density at radius 2 is 1.65 bits per heavy atom. The normalized spacial score (nSPS) is 11.2. The van der Waals surface area contributed by atoms with E-state index in [-0.39, 0.29) is 11.1 Å². The Labute approximate surface area is 209 Å². The zero-order valence-corrected chi connectivity index (χ0v) is 20.4. The molecule has 0 radical (unpaired) electrons. The van der Waals surface area contributed by atoms with Gasteiger partial charge in [0.2, 0.25) is 0 Å². The summed E-state index contributed by atoms with van der Waals surface area (Å²) in [5, 5.41) is 1.39. The minimum atomic E-state index is -0.348. The standard InChI is InChI=1S/C25H17Cl3N4O2/c1-14-3-10-21(34-2)20(11-14)31-13-29-22-24(31)30-23(18-9-6-16(27)12-19(18)28)32(25(22)33)17-7-4-15(26)5-8-17/h3-13H,1-2H3. The average molecular weight is 512 g/mol. The van der Waals surface area contributed by atoms with E-state index in [4.69, 9.17) is 44.5 Å². The SMILES string of the molecule is COc1ccc(C)cc1-n1cnc2c(=O)n(-c3ccc(Cl)cc3)c(-c3ccc(Cl)cc3Cl)nc21. The largest absolute Gasteiger partial charge is 0.495 e. The van der Waals surface area contributed by atoms with E-state index >= 15 is 0 Å². The van der Waals surface area contributed by atoms with Crippen molar-refractivity contribution in [3.63, 3.8) is 0 Å². The van der Waals surface area contributed by atoms with Gasteiger partial charge in [-0.1, -0.05) is 40.9 Å². The number of aromatic nitrogens is 4. The van der Waals surface area contributed by atoms with Crippen molar-refractivity contribution in [3.8, 4) is 28.5 Å². The van der Waals surface area contributed by atoms with Crippen molar-refractivity contribution in [2.75, 3.05) is 7.11 Å². The molecule has 0 saturated heterocycles. The molecule has 0 unspecified atom stereocenters. The number of methoxy groups -OCH3 is 1. The molecule has 6 nitrogen and oxygen atoms in total. The molecule has 0 amide bonds. The summed E-state index contributed by atoms with van der Waals surface area (Å²) in [5.74, 6) is 0.967.